The third kappa shape index (κ3) is 2.24. The molecule has 2 aromatic rings. The number of pyridine rings is 1. The first-order chi connectivity index (χ1) is 9.49. The highest BCUT2D eigenvalue weighted by atomic mass is 19.1. The van der Waals surface area contributed by atoms with Crippen LogP contribution in [0.3, 0.4) is 0 Å². The van der Waals surface area contributed by atoms with E-state index in [1.165, 1.54) is 12.3 Å². The number of nitrogens with two attached hydrogens (primary N) is 1. The molecule has 0 saturated carbocycles. The largest absolute Gasteiger partial charge is 0.462 e. The van der Waals surface area contributed by atoms with Gasteiger partial charge in [-0.1, -0.05) is 0 Å². The molecule has 2 N–H and O–H groups in total. The minimum absolute atomic E-state index is 0.0124. The highest BCUT2D eigenvalue weighted by molar-refractivity contribution is 5.97. The molecule has 0 aliphatic heterocycles. The number of aryl methyl sites for hydroxylation is 1. The molecule has 6 heteroatoms. The van der Waals surface area contributed by atoms with Crippen LogP contribution in [0.15, 0.2) is 23.1 Å². The number of nitrogens with zero attached hydrogens (tertiary/aromatic N) is 1. The Balaban J connectivity index is 2.85. The summed E-state index contributed by atoms with van der Waals surface area (Å²) in [5.74, 6) is -1.23. The summed E-state index contributed by atoms with van der Waals surface area (Å²) >= 11 is 0. The molecule has 1 aromatic carbocycles. The molecule has 0 saturated heterocycles. The van der Waals surface area contributed by atoms with Crippen LogP contribution in [0.5, 0.6) is 0 Å². The average Bonchev–Trinajstić information content (AvgIpc) is 2.38. The van der Waals surface area contributed by atoms with Crippen molar-refractivity contribution in [2.75, 3.05) is 12.3 Å². The van der Waals surface area contributed by atoms with Crippen LogP contribution in [0.25, 0.3) is 10.9 Å². The summed E-state index contributed by atoms with van der Waals surface area (Å²) in [6.07, 6.45) is 1.38. The minimum Gasteiger partial charge on any atom is -0.462 e. The molecule has 0 fully saturated rings. The lowest BCUT2D eigenvalue weighted by Gasteiger charge is -2.12. The number of fused-ring (bicyclic) bond motifs is 1. The van der Waals surface area contributed by atoms with E-state index in [0.717, 1.165) is 6.07 Å². The summed E-state index contributed by atoms with van der Waals surface area (Å²) in [7, 11) is 0. The van der Waals surface area contributed by atoms with E-state index in [2.05, 4.69) is 0 Å². The zero-order chi connectivity index (χ0) is 14.9. The standard InChI is InChI=1S/C14H15FN2O3/c1-3-17-7-9(14(19)20-4-2)13(18)12-10(16)5-8(15)6-11(12)17/h5-7H,3-4,16H2,1-2H3. The number of carbonyl (C=O) groups excluding carboxylic acids is 1. The Kier molecular flexibility index (Phi) is 3.74. The average molecular weight is 278 g/mol. The molecule has 0 aliphatic rings. The number of carbonyl (C=O) groups is 1. The first-order valence-corrected chi connectivity index (χ1v) is 6.28. The molecule has 20 heavy (non-hydrogen) atoms. The van der Waals surface area contributed by atoms with Gasteiger partial charge in [0.25, 0.3) is 0 Å². The van der Waals surface area contributed by atoms with Gasteiger partial charge in [-0.15, -0.1) is 0 Å². The lowest BCUT2D eigenvalue weighted by molar-refractivity contribution is 0.0524. The van der Waals surface area contributed by atoms with Crippen molar-refractivity contribution >= 4 is 22.6 Å². The smallest absolute Gasteiger partial charge is 0.343 e. The van der Waals surface area contributed by atoms with Gasteiger partial charge >= 0.3 is 5.97 Å². The Morgan fingerprint density at radius 3 is 2.70 bits per heavy atom. The van der Waals surface area contributed by atoms with Crippen LogP contribution in [0.2, 0.25) is 0 Å². The molecular formula is C14H15FN2O3. The first kappa shape index (κ1) is 14.0. The van der Waals surface area contributed by atoms with Crippen LogP contribution >= 0.6 is 0 Å². The van der Waals surface area contributed by atoms with Gasteiger partial charge in [0.2, 0.25) is 5.43 Å². The number of anilines is 1. The predicted molar refractivity (Wildman–Crippen MR) is 74.2 cm³/mol. The Labute approximate surface area is 114 Å². The highest BCUT2D eigenvalue weighted by Crippen LogP contribution is 2.20. The van der Waals surface area contributed by atoms with Crippen molar-refractivity contribution in [3.8, 4) is 0 Å². The van der Waals surface area contributed by atoms with Gasteiger partial charge in [-0.2, -0.15) is 0 Å². The van der Waals surface area contributed by atoms with E-state index in [1.807, 2.05) is 6.92 Å². The summed E-state index contributed by atoms with van der Waals surface area (Å²) < 4.78 is 19.9. The second-order valence-electron chi connectivity index (χ2n) is 4.27. The maximum Gasteiger partial charge on any atom is 0.343 e. The summed E-state index contributed by atoms with van der Waals surface area (Å²) in [6, 6.07) is 2.30. The van der Waals surface area contributed by atoms with Crippen molar-refractivity contribution in [2.45, 2.75) is 20.4 Å². The van der Waals surface area contributed by atoms with Crippen LogP contribution < -0.4 is 11.2 Å². The molecule has 1 aromatic heterocycles. The van der Waals surface area contributed by atoms with Crippen LogP contribution in [0.4, 0.5) is 10.1 Å². The van der Waals surface area contributed by atoms with Gasteiger partial charge in [-0.3, -0.25) is 4.79 Å². The maximum atomic E-state index is 13.4. The number of halogens is 1. The molecule has 106 valence electrons. The van der Waals surface area contributed by atoms with E-state index in [9.17, 15) is 14.0 Å². The van der Waals surface area contributed by atoms with Crippen molar-refractivity contribution in [3.05, 3.63) is 39.9 Å². The molecule has 0 amide bonds. The number of rotatable bonds is 3. The molecule has 0 aliphatic carbocycles. The van der Waals surface area contributed by atoms with E-state index in [1.54, 1.807) is 11.5 Å². The quantitative estimate of drug-likeness (QED) is 0.687. The lowest BCUT2D eigenvalue weighted by Crippen LogP contribution is -2.21. The topological polar surface area (TPSA) is 74.3 Å². The molecule has 0 bridgehead atoms. The summed E-state index contributed by atoms with van der Waals surface area (Å²) in [5, 5.41) is 0.138. The Bertz CT molecular complexity index is 737. The van der Waals surface area contributed by atoms with E-state index >= 15 is 0 Å². The van der Waals surface area contributed by atoms with Crippen LogP contribution in [-0.2, 0) is 11.3 Å². The lowest BCUT2D eigenvalue weighted by atomic mass is 10.1. The highest BCUT2D eigenvalue weighted by Gasteiger charge is 2.18. The summed E-state index contributed by atoms with van der Waals surface area (Å²) in [5.41, 5.74) is 5.46. The number of hydrogen-bond donors (Lipinski definition) is 1. The summed E-state index contributed by atoms with van der Waals surface area (Å²) in [4.78, 5) is 24.1. The zero-order valence-corrected chi connectivity index (χ0v) is 11.3. The predicted octanol–water partition coefficient (Wildman–Crippen LogP) is 1.92. The van der Waals surface area contributed by atoms with Gasteiger partial charge in [0.05, 0.1) is 17.5 Å². The first-order valence-electron chi connectivity index (χ1n) is 6.28. The third-order valence-corrected chi connectivity index (χ3v) is 3.01. The minimum atomic E-state index is -0.703. The number of ether oxygens (including phenoxy) is 1. The molecule has 0 spiro atoms. The SMILES string of the molecule is CCOC(=O)c1cn(CC)c2cc(F)cc(N)c2c1=O. The number of esters is 1. The molecule has 2 rings (SSSR count). The van der Waals surface area contributed by atoms with Crippen LogP contribution in [0.1, 0.15) is 24.2 Å². The fraction of sp³-hybridized carbons (Fsp3) is 0.286. The summed E-state index contributed by atoms with van der Waals surface area (Å²) in [6.45, 7) is 4.11. The molecule has 0 unspecified atom stereocenters. The van der Waals surface area contributed by atoms with Gasteiger partial charge in [0, 0.05) is 18.4 Å². The second-order valence-corrected chi connectivity index (χ2v) is 4.27. The van der Waals surface area contributed by atoms with Crippen molar-refractivity contribution < 1.29 is 13.9 Å². The Morgan fingerprint density at radius 2 is 2.10 bits per heavy atom. The van der Waals surface area contributed by atoms with Gasteiger partial charge in [-0.25, -0.2) is 9.18 Å². The number of aromatic nitrogens is 1. The zero-order valence-electron chi connectivity index (χ0n) is 11.3. The van der Waals surface area contributed by atoms with E-state index in [0.29, 0.717) is 12.1 Å². The van der Waals surface area contributed by atoms with Crippen molar-refractivity contribution in [1.82, 2.24) is 4.57 Å². The van der Waals surface area contributed by atoms with Gasteiger partial charge in [-0.05, 0) is 26.0 Å². The fourth-order valence-corrected chi connectivity index (χ4v) is 2.12. The maximum absolute atomic E-state index is 13.4. The van der Waals surface area contributed by atoms with Crippen LogP contribution in [0, 0.1) is 5.82 Å². The van der Waals surface area contributed by atoms with Gasteiger partial charge in [0.15, 0.2) is 0 Å². The number of nitrogen functional groups attached to an aromatic ring is 1. The van der Waals surface area contributed by atoms with Crippen LogP contribution in [-0.4, -0.2) is 17.1 Å². The van der Waals surface area contributed by atoms with E-state index in [-0.39, 0.29) is 23.2 Å². The molecule has 0 atom stereocenters. The van der Waals surface area contributed by atoms with Crippen molar-refractivity contribution in [3.63, 3.8) is 0 Å². The Hall–Kier alpha value is -2.37. The second kappa shape index (κ2) is 5.32. The Morgan fingerprint density at radius 1 is 1.40 bits per heavy atom. The third-order valence-electron chi connectivity index (χ3n) is 3.01. The number of benzene rings is 1. The molecule has 0 radical (unpaired) electrons. The van der Waals surface area contributed by atoms with Crippen molar-refractivity contribution in [1.29, 1.82) is 0 Å². The van der Waals surface area contributed by atoms with E-state index in [4.69, 9.17) is 10.5 Å². The molecule has 5 nitrogen and oxygen atoms in total. The monoisotopic (exact) mass is 278 g/mol. The molecular weight excluding hydrogens is 263 g/mol. The normalized spacial score (nSPS) is 10.8. The fourth-order valence-electron chi connectivity index (χ4n) is 2.12. The van der Waals surface area contributed by atoms with Crippen molar-refractivity contribution in [2.24, 2.45) is 0 Å². The molecule has 1 heterocycles. The van der Waals surface area contributed by atoms with Gasteiger partial charge < -0.3 is 15.0 Å². The number of hydrogen-bond acceptors (Lipinski definition) is 4. The van der Waals surface area contributed by atoms with Gasteiger partial charge in [0.1, 0.15) is 11.4 Å². The van der Waals surface area contributed by atoms with E-state index < -0.39 is 17.2 Å².